The van der Waals surface area contributed by atoms with Crippen LogP contribution in [0.15, 0.2) is 24.3 Å². The third-order valence-electron chi connectivity index (χ3n) is 3.37. The molecule has 0 aromatic heterocycles. The fourth-order valence-corrected chi connectivity index (χ4v) is 1.88. The summed E-state index contributed by atoms with van der Waals surface area (Å²) in [4.78, 5) is 11.3. The molecule has 1 saturated carbocycles. The van der Waals surface area contributed by atoms with Crippen LogP contribution in [0.5, 0.6) is 0 Å². The van der Waals surface area contributed by atoms with E-state index in [-0.39, 0.29) is 25.3 Å². The van der Waals surface area contributed by atoms with Crippen LogP contribution in [-0.4, -0.2) is 24.7 Å². The molecule has 104 valence electrons. The molecule has 0 heterocycles. The van der Waals surface area contributed by atoms with Gasteiger partial charge in [-0.25, -0.2) is 0 Å². The predicted molar refractivity (Wildman–Crippen MR) is 64.7 cm³/mol. The van der Waals surface area contributed by atoms with Crippen LogP contribution in [0.1, 0.15) is 28.8 Å². The Morgan fingerprint density at radius 1 is 1.26 bits per heavy atom. The van der Waals surface area contributed by atoms with Crippen molar-refractivity contribution >= 4 is 5.91 Å². The van der Waals surface area contributed by atoms with Gasteiger partial charge < -0.3 is 5.32 Å². The topological polar surface area (TPSA) is 41.1 Å². The molecule has 1 aromatic carbocycles. The molecule has 3 nitrogen and oxygen atoms in total. The molecule has 1 fully saturated rings. The van der Waals surface area contributed by atoms with E-state index in [4.69, 9.17) is 0 Å². The third kappa shape index (κ3) is 2.89. The summed E-state index contributed by atoms with van der Waals surface area (Å²) >= 11 is 0. The number of hydrogen-bond acceptors (Lipinski definition) is 2. The lowest BCUT2D eigenvalue weighted by Crippen LogP contribution is -2.44. The molecule has 6 heteroatoms. The molecule has 0 aliphatic heterocycles. The van der Waals surface area contributed by atoms with Gasteiger partial charge in [-0.3, -0.25) is 10.1 Å². The van der Waals surface area contributed by atoms with Crippen molar-refractivity contribution in [3.63, 3.8) is 0 Å². The Hall–Kier alpha value is -1.56. The lowest BCUT2D eigenvalue weighted by atomic mass is 10.1. The monoisotopic (exact) mass is 272 g/mol. The quantitative estimate of drug-likeness (QED) is 0.882. The van der Waals surface area contributed by atoms with Crippen LogP contribution in [0.2, 0.25) is 0 Å². The van der Waals surface area contributed by atoms with Crippen LogP contribution in [0.25, 0.3) is 0 Å². The van der Waals surface area contributed by atoms with Crippen LogP contribution >= 0.6 is 0 Å². The first kappa shape index (κ1) is 13.9. The van der Waals surface area contributed by atoms with E-state index in [1.54, 1.807) is 24.3 Å². The lowest BCUT2D eigenvalue weighted by molar-refractivity contribution is -0.166. The summed E-state index contributed by atoms with van der Waals surface area (Å²) in [5.41, 5.74) is -0.488. The first-order valence-corrected chi connectivity index (χ1v) is 6.01. The van der Waals surface area contributed by atoms with E-state index in [9.17, 15) is 18.0 Å². The van der Waals surface area contributed by atoms with Crippen molar-refractivity contribution in [2.45, 2.75) is 31.1 Å². The van der Waals surface area contributed by atoms with E-state index >= 15 is 0 Å². The average Bonchev–Trinajstić information content (AvgIpc) is 3.16. The molecule has 0 spiro atoms. The van der Waals surface area contributed by atoms with Crippen molar-refractivity contribution in [1.29, 1.82) is 0 Å². The molecule has 0 saturated heterocycles. The minimum absolute atomic E-state index is 0.132. The fraction of sp³-hybridized carbons (Fsp3) is 0.462. The largest absolute Gasteiger partial charge is 0.406 e. The van der Waals surface area contributed by atoms with E-state index in [0.717, 1.165) is 5.56 Å². The van der Waals surface area contributed by atoms with Gasteiger partial charge in [-0.2, -0.15) is 13.2 Å². The summed E-state index contributed by atoms with van der Waals surface area (Å²) in [7, 11) is 1.53. The average molecular weight is 272 g/mol. The molecule has 1 aromatic rings. The molecule has 2 rings (SSSR count). The fourth-order valence-electron chi connectivity index (χ4n) is 1.88. The number of rotatable bonds is 4. The second-order valence-corrected chi connectivity index (χ2v) is 4.71. The normalized spacial score (nSPS) is 17.1. The highest BCUT2D eigenvalue weighted by molar-refractivity contribution is 5.93. The Bertz CT molecular complexity index is 464. The van der Waals surface area contributed by atoms with Crippen LogP contribution in [0, 0.1) is 0 Å². The first-order chi connectivity index (χ1) is 8.88. The minimum Gasteiger partial charge on any atom is -0.355 e. The van der Waals surface area contributed by atoms with Crippen LogP contribution in [-0.2, 0) is 6.54 Å². The highest BCUT2D eigenvalue weighted by atomic mass is 19.4. The zero-order chi connectivity index (χ0) is 14.1. The standard InChI is InChI=1S/C13H15F3N2O/c1-17-11(19)10-4-2-9(3-5-10)8-18-12(6-7-12)13(14,15)16/h2-5,18H,6-8H2,1H3,(H,17,19). The van der Waals surface area contributed by atoms with Gasteiger partial charge >= 0.3 is 6.18 Å². The summed E-state index contributed by atoms with van der Waals surface area (Å²) in [5.74, 6) is -0.214. The van der Waals surface area contributed by atoms with Gasteiger partial charge in [0, 0.05) is 19.2 Å². The number of carbonyl (C=O) groups is 1. The van der Waals surface area contributed by atoms with Crippen LogP contribution in [0.3, 0.4) is 0 Å². The van der Waals surface area contributed by atoms with Gasteiger partial charge in [0.1, 0.15) is 5.54 Å². The summed E-state index contributed by atoms with van der Waals surface area (Å²) in [6.07, 6.45) is -3.94. The van der Waals surface area contributed by atoms with Crippen molar-refractivity contribution in [2.24, 2.45) is 0 Å². The summed E-state index contributed by atoms with van der Waals surface area (Å²) in [6.45, 7) is 0.146. The maximum atomic E-state index is 12.7. The number of amides is 1. The highest BCUT2D eigenvalue weighted by Crippen LogP contribution is 2.49. The molecule has 0 bridgehead atoms. The van der Waals surface area contributed by atoms with Crippen molar-refractivity contribution in [3.05, 3.63) is 35.4 Å². The maximum Gasteiger partial charge on any atom is 0.406 e. The van der Waals surface area contributed by atoms with Gasteiger partial charge in [-0.1, -0.05) is 12.1 Å². The molecule has 1 aliphatic rings. The molecule has 1 amide bonds. The first-order valence-electron chi connectivity index (χ1n) is 6.01. The Balaban J connectivity index is 1.96. The van der Waals surface area contributed by atoms with Gasteiger partial charge in [0.25, 0.3) is 5.91 Å². The van der Waals surface area contributed by atoms with E-state index in [1.165, 1.54) is 7.05 Å². The van der Waals surface area contributed by atoms with Crippen molar-refractivity contribution < 1.29 is 18.0 Å². The van der Waals surface area contributed by atoms with E-state index in [2.05, 4.69) is 10.6 Å². The van der Waals surface area contributed by atoms with Gasteiger partial charge in [0.15, 0.2) is 0 Å². The Kier molecular flexibility index (Phi) is 3.54. The highest BCUT2D eigenvalue weighted by Gasteiger charge is 2.62. The lowest BCUT2D eigenvalue weighted by Gasteiger charge is -2.20. The summed E-state index contributed by atoms with van der Waals surface area (Å²) in [5, 5.41) is 5.05. The van der Waals surface area contributed by atoms with Crippen LogP contribution < -0.4 is 10.6 Å². The van der Waals surface area contributed by atoms with Gasteiger partial charge in [-0.15, -0.1) is 0 Å². The molecule has 1 aliphatic carbocycles. The molecule has 0 radical (unpaired) electrons. The molecule has 0 atom stereocenters. The molecule has 19 heavy (non-hydrogen) atoms. The van der Waals surface area contributed by atoms with E-state index < -0.39 is 11.7 Å². The molecule has 2 N–H and O–H groups in total. The maximum absolute atomic E-state index is 12.7. The molecule has 0 unspecified atom stereocenters. The molecular formula is C13H15F3N2O. The van der Waals surface area contributed by atoms with Gasteiger partial charge in [-0.05, 0) is 30.5 Å². The minimum atomic E-state index is -4.20. The number of nitrogens with one attached hydrogen (secondary N) is 2. The number of benzene rings is 1. The van der Waals surface area contributed by atoms with Crippen molar-refractivity contribution in [3.8, 4) is 0 Å². The zero-order valence-electron chi connectivity index (χ0n) is 10.5. The number of carbonyl (C=O) groups excluding carboxylic acids is 1. The molecular weight excluding hydrogens is 257 g/mol. The third-order valence-corrected chi connectivity index (χ3v) is 3.37. The SMILES string of the molecule is CNC(=O)c1ccc(CNC2(C(F)(F)F)CC2)cc1. The Labute approximate surface area is 109 Å². The summed E-state index contributed by atoms with van der Waals surface area (Å²) in [6, 6.07) is 6.51. The Morgan fingerprint density at radius 2 is 1.84 bits per heavy atom. The summed E-state index contributed by atoms with van der Waals surface area (Å²) < 4.78 is 38.1. The predicted octanol–water partition coefficient (Wildman–Crippen LogP) is 2.23. The number of hydrogen-bond donors (Lipinski definition) is 2. The number of halogens is 3. The van der Waals surface area contributed by atoms with Gasteiger partial charge in [0.2, 0.25) is 0 Å². The smallest absolute Gasteiger partial charge is 0.355 e. The van der Waals surface area contributed by atoms with Gasteiger partial charge in [0.05, 0.1) is 0 Å². The van der Waals surface area contributed by atoms with E-state index in [1.807, 2.05) is 0 Å². The zero-order valence-corrected chi connectivity index (χ0v) is 10.5. The van der Waals surface area contributed by atoms with E-state index in [0.29, 0.717) is 5.56 Å². The number of alkyl halides is 3. The Morgan fingerprint density at radius 3 is 2.26 bits per heavy atom. The second-order valence-electron chi connectivity index (χ2n) is 4.71. The second kappa shape index (κ2) is 4.85. The van der Waals surface area contributed by atoms with Crippen LogP contribution in [0.4, 0.5) is 13.2 Å². The van der Waals surface area contributed by atoms with Crippen molar-refractivity contribution in [2.75, 3.05) is 7.05 Å². The van der Waals surface area contributed by atoms with Crippen molar-refractivity contribution in [1.82, 2.24) is 10.6 Å².